The van der Waals surface area contributed by atoms with Crippen LogP contribution in [-0.2, 0) is 4.74 Å². The first-order valence-electron chi connectivity index (χ1n) is 5.00. The molecule has 0 aliphatic carbocycles. The first kappa shape index (κ1) is 12.0. The SMILES string of the molecule is CCOC(=O)c1sc2nc(=S)[nH]c(N)c2c1C. The van der Waals surface area contributed by atoms with Crippen molar-refractivity contribution in [3.05, 3.63) is 15.2 Å². The fourth-order valence-electron chi connectivity index (χ4n) is 1.58. The first-order chi connectivity index (χ1) is 8.04. The number of nitrogens with zero attached hydrogens (tertiary/aromatic N) is 1. The molecule has 90 valence electrons. The van der Waals surface area contributed by atoms with E-state index in [-0.39, 0.29) is 5.97 Å². The molecule has 0 aromatic carbocycles. The number of carbonyl (C=O) groups excluding carboxylic acids is 1. The van der Waals surface area contributed by atoms with Gasteiger partial charge in [0.15, 0.2) is 4.77 Å². The number of carbonyl (C=O) groups is 1. The number of rotatable bonds is 2. The lowest BCUT2D eigenvalue weighted by atomic mass is 10.2. The lowest BCUT2D eigenvalue weighted by molar-refractivity contribution is 0.0531. The van der Waals surface area contributed by atoms with Crippen molar-refractivity contribution in [2.24, 2.45) is 0 Å². The molecule has 0 bridgehead atoms. The average Bonchev–Trinajstić information content (AvgIpc) is 2.56. The van der Waals surface area contributed by atoms with Gasteiger partial charge < -0.3 is 15.5 Å². The summed E-state index contributed by atoms with van der Waals surface area (Å²) in [5, 5.41) is 0.742. The van der Waals surface area contributed by atoms with Crippen LogP contribution in [0.15, 0.2) is 0 Å². The molecule has 0 saturated heterocycles. The van der Waals surface area contributed by atoms with Crippen LogP contribution in [0.4, 0.5) is 5.82 Å². The van der Waals surface area contributed by atoms with Crippen molar-refractivity contribution in [2.45, 2.75) is 13.8 Å². The predicted octanol–water partition coefficient (Wildman–Crippen LogP) is 2.42. The van der Waals surface area contributed by atoms with Crippen molar-refractivity contribution in [1.29, 1.82) is 0 Å². The number of thiophene rings is 1. The number of anilines is 1. The van der Waals surface area contributed by atoms with Crippen LogP contribution in [0.25, 0.3) is 10.2 Å². The number of nitrogen functional groups attached to an aromatic ring is 1. The molecule has 2 heterocycles. The molecule has 0 saturated carbocycles. The normalized spacial score (nSPS) is 10.7. The minimum atomic E-state index is -0.349. The summed E-state index contributed by atoms with van der Waals surface area (Å²) in [7, 11) is 0. The molecule has 0 fully saturated rings. The number of nitrogens with two attached hydrogens (primary N) is 1. The van der Waals surface area contributed by atoms with Gasteiger partial charge in [0.05, 0.1) is 12.0 Å². The molecule has 0 aliphatic rings. The van der Waals surface area contributed by atoms with Crippen LogP contribution < -0.4 is 5.73 Å². The standard InChI is InChI=1S/C10H11N3O2S2/c1-3-15-9(14)6-4(2)5-7(11)12-10(16)13-8(5)17-6/h3H2,1-2H3,(H3,11,12,13,16). The number of aromatic nitrogens is 2. The third kappa shape index (κ3) is 2.03. The molecule has 3 N–H and O–H groups in total. The second kappa shape index (κ2) is 4.42. The van der Waals surface area contributed by atoms with E-state index in [0.29, 0.717) is 26.9 Å². The summed E-state index contributed by atoms with van der Waals surface area (Å²) in [6.45, 7) is 3.93. The highest BCUT2D eigenvalue weighted by Gasteiger charge is 2.19. The Bertz CT molecular complexity index is 645. The number of hydrogen-bond donors (Lipinski definition) is 2. The van der Waals surface area contributed by atoms with Crippen LogP contribution in [0.3, 0.4) is 0 Å². The molecule has 5 nitrogen and oxygen atoms in total. The third-order valence-corrected chi connectivity index (χ3v) is 3.66. The van der Waals surface area contributed by atoms with E-state index in [0.717, 1.165) is 10.9 Å². The Balaban J connectivity index is 2.69. The highest BCUT2D eigenvalue weighted by atomic mass is 32.1. The van der Waals surface area contributed by atoms with Gasteiger partial charge in [0.2, 0.25) is 0 Å². The maximum absolute atomic E-state index is 11.7. The van der Waals surface area contributed by atoms with Crippen LogP contribution in [0.2, 0.25) is 0 Å². The second-order valence-corrected chi connectivity index (χ2v) is 4.80. The van der Waals surface area contributed by atoms with Crippen molar-refractivity contribution < 1.29 is 9.53 Å². The van der Waals surface area contributed by atoms with E-state index in [9.17, 15) is 4.79 Å². The Labute approximate surface area is 107 Å². The number of aryl methyl sites for hydroxylation is 1. The van der Waals surface area contributed by atoms with Gasteiger partial charge in [-0.3, -0.25) is 0 Å². The van der Waals surface area contributed by atoms with E-state index in [4.69, 9.17) is 22.7 Å². The van der Waals surface area contributed by atoms with Gasteiger partial charge in [-0.15, -0.1) is 11.3 Å². The van der Waals surface area contributed by atoms with Crippen LogP contribution in [0.1, 0.15) is 22.2 Å². The number of aromatic amines is 1. The molecule has 0 aliphatic heterocycles. The molecular weight excluding hydrogens is 258 g/mol. The van der Waals surface area contributed by atoms with Gasteiger partial charge in [-0.2, -0.15) is 0 Å². The monoisotopic (exact) mass is 269 g/mol. The Morgan fingerprint density at radius 1 is 1.65 bits per heavy atom. The van der Waals surface area contributed by atoms with Gasteiger partial charge in [0, 0.05) is 0 Å². The van der Waals surface area contributed by atoms with E-state index >= 15 is 0 Å². The fraction of sp³-hybridized carbons (Fsp3) is 0.300. The Morgan fingerprint density at radius 3 is 3.00 bits per heavy atom. The summed E-state index contributed by atoms with van der Waals surface area (Å²) in [6, 6.07) is 0. The van der Waals surface area contributed by atoms with Gasteiger partial charge in [-0.25, -0.2) is 9.78 Å². The molecule has 0 amide bonds. The molecule has 0 radical (unpaired) electrons. The van der Waals surface area contributed by atoms with Crippen LogP contribution in [0.5, 0.6) is 0 Å². The summed E-state index contributed by atoms with van der Waals surface area (Å²) < 4.78 is 5.29. The van der Waals surface area contributed by atoms with Crippen LogP contribution in [-0.4, -0.2) is 22.5 Å². The molecular formula is C10H11N3O2S2. The zero-order valence-electron chi connectivity index (χ0n) is 9.36. The molecule has 2 aromatic heterocycles. The Kier molecular flexibility index (Phi) is 3.12. The lowest BCUT2D eigenvalue weighted by Crippen LogP contribution is -2.03. The van der Waals surface area contributed by atoms with Gasteiger partial charge in [0.1, 0.15) is 15.5 Å². The predicted molar refractivity (Wildman–Crippen MR) is 69.9 cm³/mol. The summed E-state index contributed by atoms with van der Waals surface area (Å²) in [4.78, 5) is 19.8. The Morgan fingerprint density at radius 2 is 2.35 bits per heavy atom. The number of nitrogens with one attached hydrogen (secondary N) is 1. The highest BCUT2D eigenvalue weighted by molar-refractivity contribution is 7.71. The number of H-pyrrole nitrogens is 1. The smallest absolute Gasteiger partial charge is 0.348 e. The van der Waals surface area contributed by atoms with Crippen LogP contribution >= 0.6 is 23.6 Å². The van der Waals surface area contributed by atoms with E-state index in [2.05, 4.69) is 9.97 Å². The van der Waals surface area contributed by atoms with Gasteiger partial charge in [0.25, 0.3) is 0 Å². The minimum absolute atomic E-state index is 0.312. The minimum Gasteiger partial charge on any atom is -0.462 e. The molecule has 0 unspecified atom stereocenters. The van der Waals surface area contributed by atoms with E-state index in [1.165, 1.54) is 11.3 Å². The lowest BCUT2D eigenvalue weighted by Gasteiger charge is -2.00. The number of ether oxygens (including phenoxy) is 1. The van der Waals surface area contributed by atoms with Crippen molar-refractivity contribution in [3.8, 4) is 0 Å². The number of esters is 1. The van der Waals surface area contributed by atoms with Gasteiger partial charge >= 0.3 is 5.97 Å². The van der Waals surface area contributed by atoms with Crippen molar-refractivity contribution in [1.82, 2.24) is 9.97 Å². The topological polar surface area (TPSA) is 81.0 Å². The zero-order valence-corrected chi connectivity index (χ0v) is 11.0. The molecule has 17 heavy (non-hydrogen) atoms. The molecule has 7 heteroatoms. The molecule has 2 aromatic rings. The zero-order chi connectivity index (χ0) is 12.6. The first-order valence-corrected chi connectivity index (χ1v) is 6.23. The maximum Gasteiger partial charge on any atom is 0.348 e. The average molecular weight is 269 g/mol. The number of fused-ring (bicyclic) bond motifs is 1. The van der Waals surface area contributed by atoms with Crippen LogP contribution in [0, 0.1) is 11.7 Å². The van der Waals surface area contributed by atoms with Crippen molar-refractivity contribution in [3.63, 3.8) is 0 Å². The summed E-state index contributed by atoms with van der Waals surface area (Å²) in [5.41, 5.74) is 6.62. The van der Waals surface area contributed by atoms with E-state index < -0.39 is 0 Å². The number of hydrogen-bond acceptors (Lipinski definition) is 6. The Hall–Kier alpha value is -1.47. The molecule has 0 atom stereocenters. The van der Waals surface area contributed by atoms with E-state index in [1.807, 2.05) is 6.92 Å². The van der Waals surface area contributed by atoms with Crippen molar-refractivity contribution >= 4 is 45.6 Å². The largest absolute Gasteiger partial charge is 0.462 e. The summed E-state index contributed by atoms with van der Waals surface area (Å²) >= 11 is 6.19. The molecule has 0 spiro atoms. The van der Waals surface area contributed by atoms with Crippen molar-refractivity contribution in [2.75, 3.05) is 12.3 Å². The molecule has 2 rings (SSSR count). The summed E-state index contributed by atoms with van der Waals surface area (Å²) in [6.07, 6.45) is 0. The fourth-order valence-corrected chi connectivity index (χ4v) is 2.94. The third-order valence-electron chi connectivity index (χ3n) is 2.30. The second-order valence-electron chi connectivity index (χ2n) is 3.41. The summed E-state index contributed by atoms with van der Waals surface area (Å²) in [5.74, 6) is 0.0858. The van der Waals surface area contributed by atoms with Gasteiger partial charge in [-0.1, -0.05) is 0 Å². The van der Waals surface area contributed by atoms with Gasteiger partial charge in [-0.05, 0) is 31.6 Å². The maximum atomic E-state index is 11.7. The highest BCUT2D eigenvalue weighted by Crippen LogP contribution is 2.32. The quantitative estimate of drug-likeness (QED) is 0.646. The van der Waals surface area contributed by atoms with E-state index in [1.54, 1.807) is 6.92 Å².